The number of nitrogens with zero attached hydrogens (tertiary/aromatic N) is 1. The van der Waals surface area contributed by atoms with E-state index >= 15 is 0 Å². The average Bonchev–Trinajstić information content (AvgIpc) is 3.01. The van der Waals surface area contributed by atoms with Gasteiger partial charge in [-0.25, -0.2) is 0 Å². The van der Waals surface area contributed by atoms with Crippen LogP contribution in [0.25, 0.3) is 0 Å². The summed E-state index contributed by atoms with van der Waals surface area (Å²) in [5.74, 6) is 0.809. The second-order valence-corrected chi connectivity index (χ2v) is 4.84. The fourth-order valence-corrected chi connectivity index (χ4v) is 2.12. The average molecular weight is 274 g/mol. The summed E-state index contributed by atoms with van der Waals surface area (Å²) in [4.78, 5) is 4.01. The molecule has 0 spiro atoms. The van der Waals surface area contributed by atoms with Gasteiger partial charge >= 0.3 is 0 Å². The van der Waals surface area contributed by atoms with Gasteiger partial charge in [-0.1, -0.05) is 6.92 Å². The molecule has 0 saturated heterocycles. The molecule has 0 aliphatic heterocycles. The molecular weight excluding hydrogens is 252 g/mol. The molecule has 2 heterocycles. The molecule has 0 fully saturated rings. The zero-order valence-corrected chi connectivity index (χ0v) is 11.9. The Balaban J connectivity index is 1.81. The van der Waals surface area contributed by atoms with Gasteiger partial charge in [0.05, 0.1) is 6.26 Å². The number of nitrogens with two attached hydrogens (primary N) is 1. The molecule has 0 aromatic carbocycles. The molecule has 2 rings (SSSR count). The van der Waals surface area contributed by atoms with Crippen molar-refractivity contribution in [2.45, 2.75) is 38.3 Å². The van der Waals surface area contributed by atoms with Crippen LogP contribution in [0.5, 0.6) is 0 Å². The Labute approximate surface area is 120 Å². The fourth-order valence-electron chi connectivity index (χ4n) is 2.12. The van der Waals surface area contributed by atoms with E-state index in [1.165, 1.54) is 5.56 Å². The Hall–Kier alpha value is -1.65. The highest BCUT2D eigenvalue weighted by atomic mass is 16.5. The van der Waals surface area contributed by atoms with Crippen LogP contribution < -0.4 is 5.73 Å². The molecule has 2 aromatic rings. The summed E-state index contributed by atoms with van der Waals surface area (Å²) in [6.45, 7) is 2.72. The number of pyridine rings is 1. The maximum Gasteiger partial charge on any atom is 0.134 e. The van der Waals surface area contributed by atoms with E-state index in [0.29, 0.717) is 6.61 Å². The minimum Gasteiger partial charge on any atom is -0.467 e. The predicted octanol–water partition coefficient (Wildman–Crippen LogP) is 3.10. The highest BCUT2D eigenvalue weighted by Crippen LogP contribution is 2.22. The zero-order valence-electron chi connectivity index (χ0n) is 11.9. The largest absolute Gasteiger partial charge is 0.467 e. The van der Waals surface area contributed by atoms with Gasteiger partial charge in [-0.05, 0) is 49.1 Å². The maximum atomic E-state index is 6.11. The van der Waals surface area contributed by atoms with Gasteiger partial charge in [-0.2, -0.15) is 0 Å². The molecule has 0 saturated carbocycles. The summed E-state index contributed by atoms with van der Waals surface area (Å²) in [6, 6.07) is 7.81. The van der Waals surface area contributed by atoms with Crippen molar-refractivity contribution in [3.63, 3.8) is 0 Å². The van der Waals surface area contributed by atoms with Gasteiger partial charge in [0.2, 0.25) is 0 Å². The Morgan fingerprint density at radius 3 is 2.75 bits per heavy atom. The monoisotopic (exact) mass is 274 g/mol. The number of aromatic nitrogens is 1. The van der Waals surface area contributed by atoms with Crippen LogP contribution in [-0.2, 0) is 11.2 Å². The van der Waals surface area contributed by atoms with Crippen molar-refractivity contribution in [2.24, 2.45) is 5.73 Å². The van der Waals surface area contributed by atoms with E-state index in [-0.39, 0.29) is 12.1 Å². The minimum atomic E-state index is -0.160. The lowest BCUT2D eigenvalue weighted by atomic mass is 10.1. The molecule has 0 radical (unpaired) electrons. The number of rotatable bonds is 8. The highest BCUT2D eigenvalue weighted by Gasteiger charge is 2.21. The molecule has 20 heavy (non-hydrogen) atoms. The van der Waals surface area contributed by atoms with Gasteiger partial charge in [0.25, 0.3) is 0 Å². The van der Waals surface area contributed by atoms with Crippen molar-refractivity contribution < 1.29 is 9.15 Å². The van der Waals surface area contributed by atoms with Gasteiger partial charge < -0.3 is 14.9 Å². The molecule has 4 nitrogen and oxygen atoms in total. The molecule has 0 aliphatic carbocycles. The molecule has 2 unspecified atom stereocenters. The molecule has 2 atom stereocenters. The summed E-state index contributed by atoms with van der Waals surface area (Å²) in [6.07, 6.45) is 7.92. The Bertz CT molecular complexity index is 470. The van der Waals surface area contributed by atoms with Crippen LogP contribution in [0.4, 0.5) is 0 Å². The first kappa shape index (κ1) is 14.8. The third-order valence-electron chi connectivity index (χ3n) is 3.34. The topological polar surface area (TPSA) is 61.3 Å². The second kappa shape index (κ2) is 7.82. The SMILES string of the molecule is CCC(N)C(OCCCc1ccncc1)c1ccco1. The number of aryl methyl sites for hydroxylation is 1. The molecule has 0 aliphatic rings. The quantitative estimate of drug-likeness (QED) is 0.751. The molecular formula is C16H22N2O2. The number of ether oxygens (including phenoxy) is 1. The first-order valence-corrected chi connectivity index (χ1v) is 7.10. The van der Waals surface area contributed by atoms with E-state index in [2.05, 4.69) is 11.9 Å². The Morgan fingerprint density at radius 1 is 1.30 bits per heavy atom. The maximum absolute atomic E-state index is 6.11. The van der Waals surface area contributed by atoms with E-state index in [1.54, 1.807) is 6.26 Å². The van der Waals surface area contributed by atoms with E-state index in [9.17, 15) is 0 Å². The summed E-state index contributed by atoms with van der Waals surface area (Å²) in [5, 5.41) is 0. The van der Waals surface area contributed by atoms with Crippen LogP contribution in [0, 0.1) is 0 Å². The van der Waals surface area contributed by atoms with Crippen molar-refractivity contribution in [2.75, 3.05) is 6.61 Å². The Morgan fingerprint density at radius 2 is 2.10 bits per heavy atom. The molecule has 2 aromatic heterocycles. The van der Waals surface area contributed by atoms with Crippen LogP contribution in [0.1, 0.15) is 37.2 Å². The smallest absolute Gasteiger partial charge is 0.134 e. The van der Waals surface area contributed by atoms with Crippen molar-refractivity contribution in [3.05, 3.63) is 54.2 Å². The number of hydrogen-bond donors (Lipinski definition) is 1. The van der Waals surface area contributed by atoms with E-state index in [1.807, 2.05) is 36.7 Å². The summed E-state index contributed by atoms with van der Waals surface area (Å²) >= 11 is 0. The minimum absolute atomic E-state index is 0.0397. The third kappa shape index (κ3) is 4.18. The lowest BCUT2D eigenvalue weighted by Crippen LogP contribution is -2.29. The molecule has 0 bridgehead atoms. The first-order chi connectivity index (χ1) is 9.81. The standard InChI is InChI=1S/C16H22N2O2/c1-2-14(17)16(15-6-4-11-19-15)20-12-3-5-13-7-9-18-10-8-13/h4,6-11,14,16H,2-3,5,12,17H2,1H3. The van der Waals surface area contributed by atoms with Crippen molar-refractivity contribution in [1.29, 1.82) is 0 Å². The molecule has 0 amide bonds. The zero-order chi connectivity index (χ0) is 14.2. The Kier molecular flexibility index (Phi) is 5.77. The van der Waals surface area contributed by atoms with Crippen molar-refractivity contribution in [3.8, 4) is 0 Å². The molecule has 4 heteroatoms. The van der Waals surface area contributed by atoms with Crippen LogP contribution in [0.15, 0.2) is 47.3 Å². The summed E-state index contributed by atoms with van der Waals surface area (Å²) in [5.41, 5.74) is 7.38. The second-order valence-electron chi connectivity index (χ2n) is 4.84. The summed E-state index contributed by atoms with van der Waals surface area (Å²) < 4.78 is 11.3. The number of furan rings is 1. The van der Waals surface area contributed by atoms with Gasteiger partial charge in [-0.3, -0.25) is 4.98 Å². The summed E-state index contributed by atoms with van der Waals surface area (Å²) in [7, 11) is 0. The third-order valence-corrected chi connectivity index (χ3v) is 3.34. The van der Waals surface area contributed by atoms with Gasteiger partial charge in [0.1, 0.15) is 11.9 Å². The van der Waals surface area contributed by atoms with Crippen molar-refractivity contribution in [1.82, 2.24) is 4.98 Å². The van der Waals surface area contributed by atoms with Gasteiger partial charge in [0.15, 0.2) is 0 Å². The van der Waals surface area contributed by atoms with Crippen molar-refractivity contribution >= 4 is 0 Å². The van der Waals surface area contributed by atoms with Crippen LogP contribution in [0.2, 0.25) is 0 Å². The normalized spacial score (nSPS) is 14.1. The van der Waals surface area contributed by atoms with E-state index in [0.717, 1.165) is 25.0 Å². The predicted molar refractivity (Wildman–Crippen MR) is 78.2 cm³/mol. The first-order valence-electron chi connectivity index (χ1n) is 7.10. The van der Waals surface area contributed by atoms with Crippen LogP contribution in [0.3, 0.4) is 0 Å². The van der Waals surface area contributed by atoms with E-state index < -0.39 is 0 Å². The lowest BCUT2D eigenvalue weighted by molar-refractivity contribution is 0.0180. The number of hydrogen-bond acceptors (Lipinski definition) is 4. The molecule has 108 valence electrons. The van der Waals surface area contributed by atoms with Crippen LogP contribution >= 0.6 is 0 Å². The fraction of sp³-hybridized carbons (Fsp3) is 0.438. The lowest BCUT2D eigenvalue weighted by Gasteiger charge is -2.21. The van der Waals surface area contributed by atoms with Crippen LogP contribution in [-0.4, -0.2) is 17.6 Å². The highest BCUT2D eigenvalue weighted by molar-refractivity contribution is 5.09. The van der Waals surface area contributed by atoms with E-state index in [4.69, 9.17) is 14.9 Å². The van der Waals surface area contributed by atoms with Gasteiger partial charge in [-0.15, -0.1) is 0 Å². The van der Waals surface area contributed by atoms with Gasteiger partial charge in [0, 0.05) is 25.0 Å². The molecule has 2 N–H and O–H groups in total.